The lowest BCUT2D eigenvalue weighted by atomic mass is 10.1. The number of aromatic nitrogens is 5. The van der Waals surface area contributed by atoms with Crippen LogP contribution in [-0.4, -0.2) is 43.0 Å². The van der Waals surface area contributed by atoms with Crippen molar-refractivity contribution in [3.63, 3.8) is 0 Å². The Labute approximate surface area is 156 Å². The van der Waals surface area contributed by atoms with E-state index < -0.39 is 0 Å². The Morgan fingerprint density at radius 3 is 2.48 bits per heavy atom. The third-order valence-electron chi connectivity index (χ3n) is 4.30. The summed E-state index contributed by atoms with van der Waals surface area (Å²) in [5.41, 5.74) is 4.08. The van der Waals surface area contributed by atoms with Gasteiger partial charge in [-0.2, -0.15) is 5.10 Å². The third kappa shape index (κ3) is 3.35. The van der Waals surface area contributed by atoms with E-state index in [0.29, 0.717) is 12.2 Å². The number of carbonyl (C=O) groups is 1. The summed E-state index contributed by atoms with van der Waals surface area (Å²) in [6.45, 7) is 0.416. The number of hydrogen-bond acceptors (Lipinski definition) is 4. The molecular weight excluding hydrogens is 340 g/mol. The topological polar surface area (TPSA) is 79.7 Å². The Balaban J connectivity index is 1.57. The van der Waals surface area contributed by atoms with Crippen molar-refractivity contribution in [3.05, 3.63) is 84.3 Å². The van der Waals surface area contributed by atoms with Gasteiger partial charge in [-0.1, -0.05) is 53.7 Å². The fourth-order valence-corrected chi connectivity index (χ4v) is 2.95. The molecular formula is C20H18N6O. The van der Waals surface area contributed by atoms with E-state index in [2.05, 4.69) is 20.5 Å². The maximum atomic E-state index is 13.0. The molecule has 0 bridgehead atoms. The van der Waals surface area contributed by atoms with Gasteiger partial charge >= 0.3 is 0 Å². The molecule has 0 spiro atoms. The van der Waals surface area contributed by atoms with Gasteiger partial charge in [-0.05, 0) is 17.7 Å². The first-order valence-corrected chi connectivity index (χ1v) is 8.53. The van der Waals surface area contributed by atoms with E-state index in [1.165, 1.54) is 6.20 Å². The Morgan fingerprint density at radius 2 is 1.74 bits per heavy atom. The van der Waals surface area contributed by atoms with Gasteiger partial charge in [0, 0.05) is 19.2 Å². The fraction of sp³-hybridized carbons (Fsp3) is 0.100. The van der Waals surface area contributed by atoms with Gasteiger partial charge in [0.2, 0.25) is 0 Å². The first-order valence-electron chi connectivity index (χ1n) is 8.53. The molecule has 0 fully saturated rings. The minimum atomic E-state index is -0.163. The van der Waals surface area contributed by atoms with Crippen molar-refractivity contribution in [3.8, 4) is 16.9 Å². The first-order chi connectivity index (χ1) is 13.2. The minimum absolute atomic E-state index is 0.163. The quantitative estimate of drug-likeness (QED) is 0.595. The molecule has 0 aliphatic heterocycles. The van der Waals surface area contributed by atoms with Gasteiger partial charge in [0.05, 0.1) is 23.8 Å². The summed E-state index contributed by atoms with van der Waals surface area (Å²) in [6, 6.07) is 19.4. The number of amides is 1. The average molecular weight is 358 g/mol. The highest BCUT2D eigenvalue weighted by Crippen LogP contribution is 2.22. The molecule has 4 rings (SSSR count). The van der Waals surface area contributed by atoms with Crippen LogP contribution in [0.2, 0.25) is 0 Å². The standard InChI is InChI=1S/C20H18N6O/c1-25(14-16-12-21-23-19(16)15-8-4-2-5-9-15)20(27)18-13-22-24-26(18)17-10-6-3-7-11-17/h2-13H,14H2,1H3,(H,21,23). The highest BCUT2D eigenvalue weighted by molar-refractivity contribution is 5.92. The lowest BCUT2D eigenvalue weighted by Gasteiger charge is -2.17. The lowest BCUT2D eigenvalue weighted by molar-refractivity contribution is 0.0776. The zero-order valence-corrected chi connectivity index (χ0v) is 14.8. The number of hydrogen-bond donors (Lipinski definition) is 1. The molecule has 27 heavy (non-hydrogen) atoms. The summed E-state index contributed by atoms with van der Waals surface area (Å²) in [5.74, 6) is -0.163. The molecule has 0 aliphatic carbocycles. The molecule has 4 aromatic rings. The van der Waals surface area contributed by atoms with Crippen molar-refractivity contribution in [2.45, 2.75) is 6.54 Å². The van der Waals surface area contributed by atoms with Crippen molar-refractivity contribution in [1.82, 2.24) is 30.1 Å². The van der Waals surface area contributed by atoms with Crippen molar-refractivity contribution in [1.29, 1.82) is 0 Å². The Bertz CT molecular complexity index is 1040. The van der Waals surface area contributed by atoms with E-state index >= 15 is 0 Å². The Kier molecular flexibility index (Phi) is 4.49. The van der Waals surface area contributed by atoms with Crippen LogP contribution in [0.1, 0.15) is 16.1 Å². The highest BCUT2D eigenvalue weighted by atomic mass is 16.2. The predicted molar refractivity (Wildman–Crippen MR) is 101 cm³/mol. The van der Waals surface area contributed by atoms with Crippen LogP contribution in [0.25, 0.3) is 16.9 Å². The number of nitrogens with one attached hydrogen (secondary N) is 1. The van der Waals surface area contributed by atoms with E-state index in [0.717, 1.165) is 22.5 Å². The smallest absolute Gasteiger partial charge is 0.274 e. The molecule has 2 aromatic heterocycles. The Hall–Kier alpha value is -3.74. The lowest BCUT2D eigenvalue weighted by Crippen LogP contribution is -2.28. The fourth-order valence-electron chi connectivity index (χ4n) is 2.95. The van der Waals surface area contributed by atoms with Gasteiger partial charge in [-0.3, -0.25) is 9.89 Å². The molecule has 0 radical (unpaired) electrons. The van der Waals surface area contributed by atoms with Crippen LogP contribution in [-0.2, 0) is 6.54 Å². The molecule has 0 saturated heterocycles. The number of benzene rings is 2. The second-order valence-corrected chi connectivity index (χ2v) is 6.16. The van der Waals surface area contributed by atoms with Gasteiger partial charge in [0.25, 0.3) is 5.91 Å². The summed E-state index contributed by atoms with van der Waals surface area (Å²) < 4.78 is 1.55. The highest BCUT2D eigenvalue weighted by Gasteiger charge is 2.20. The van der Waals surface area contributed by atoms with E-state index in [1.807, 2.05) is 60.7 Å². The summed E-state index contributed by atoms with van der Waals surface area (Å²) in [7, 11) is 1.76. The maximum absolute atomic E-state index is 13.0. The molecule has 0 aliphatic rings. The molecule has 1 N–H and O–H groups in total. The largest absolute Gasteiger partial charge is 0.336 e. The van der Waals surface area contributed by atoms with Crippen LogP contribution in [0, 0.1) is 0 Å². The van der Waals surface area contributed by atoms with E-state index in [1.54, 1.807) is 22.8 Å². The second kappa shape index (κ2) is 7.25. The predicted octanol–water partition coefficient (Wildman–Crippen LogP) is 2.93. The van der Waals surface area contributed by atoms with Crippen LogP contribution in [0.5, 0.6) is 0 Å². The number of aromatic amines is 1. The van der Waals surface area contributed by atoms with Crippen LogP contribution >= 0.6 is 0 Å². The van der Waals surface area contributed by atoms with Gasteiger partial charge < -0.3 is 4.90 Å². The monoisotopic (exact) mass is 358 g/mol. The number of rotatable bonds is 5. The van der Waals surface area contributed by atoms with Crippen molar-refractivity contribution < 1.29 is 4.79 Å². The first kappa shape index (κ1) is 16.7. The molecule has 134 valence electrons. The van der Waals surface area contributed by atoms with Gasteiger partial charge in [-0.25, -0.2) is 4.68 Å². The molecule has 7 nitrogen and oxygen atoms in total. The zero-order chi connectivity index (χ0) is 18.6. The summed E-state index contributed by atoms with van der Waals surface area (Å²) >= 11 is 0. The van der Waals surface area contributed by atoms with E-state index in [9.17, 15) is 4.79 Å². The normalized spacial score (nSPS) is 10.7. The maximum Gasteiger partial charge on any atom is 0.274 e. The van der Waals surface area contributed by atoms with Gasteiger partial charge in [0.15, 0.2) is 5.69 Å². The van der Waals surface area contributed by atoms with Crippen LogP contribution < -0.4 is 0 Å². The summed E-state index contributed by atoms with van der Waals surface area (Å²) in [5, 5.41) is 15.1. The van der Waals surface area contributed by atoms with Gasteiger partial charge in [0.1, 0.15) is 0 Å². The number of nitrogens with zero attached hydrogens (tertiary/aromatic N) is 5. The van der Waals surface area contributed by atoms with Crippen LogP contribution in [0.3, 0.4) is 0 Å². The van der Waals surface area contributed by atoms with Gasteiger partial charge in [-0.15, -0.1) is 5.10 Å². The van der Waals surface area contributed by atoms with Crippen molar-refractivity contribution >= 4 is 5.91 Å². The average Bonchev–Trinajstić information content (AvgIpc) is 3.38. The molecule has 2 heterocycles. The number of carbonyl (C=O) groups excluding carboxylic acids is 1. The summed E-state index contributed by atoms with van der Waals surface area (Å²) in [4.78, 5) is 14.6. The molecule has 7 heteroatoms. The molecule has 0 atom stereocenters. The van der Waals surface area contributed by atoms with Crippen LogP contribution in [0.15, 0.2) is 73.1 Å². The van der Waals surface area contributed by atoms with E-state index in [4.69, 9.17) is 0 Å². The summed E-state index contributed by atoms with van der Waals surface area (Å²) in [6.07, 6.45) is 3.23. The van der Waals surface area contributed by atoms with E-state index in [-0.39, 0.29) is 5.91 Å². The SMILES string of the molecule is CN(Cc1cn[nH]c1-c1ccccc1)C(=O)c1cnnn1-c1ccccc1. The molecule has 2 aromatic carbocycles. The second-order valence-electron chi connectivity index (χ2n) is 6.16. The minimum Gasteiger partial charge on any atom is -0.336 e. The number of H-pyrrole nitrogens is 1. The molecule has 1 amide bonds. The van der Waals surface area contributed by atoms with Crippen LogP contribution in [0.4, 0.5) is 0 Å². The Morgan fingerprint density at radius 1 is 1.04 bits per heavy atom. The molecule has 0 unspecified atom stereocenters. The zero-order valence-electron chi connectivity index (χ0n) is 14.8. The van der Waals surface area contributed by atoms with Crippen molar-refractivity contribution in [2.75, 3.05) is 7.05 Å². The number of para-hydroxylation sites is 1. The third-order valence-corrected chi connectivity index (χ3v) is 4.30. The van der Waals surface area contributed by atoms with Crippen molar-refractivity contribution in [2.24, 2.45) is 0 Å². The molecule has 0 saturated carbocycles.